The molecule has 0 aliphatic rings. The van der Waals surface area contributed by atoms with E-state index in [1.165, 1.54) is 4.68 Å². The number of aliphatic hydroxyl groups excluding tert-OH is 1. The summed E-state index contributed by atoms with van der Waals surface area (Å²) in [5.74, 6) is -1.26. The van der Waals surface area contributed by atoms with Gasteiger partial charge in [-0.15, -0.1) is 5.10 Å². The fraction of sp³-hybridized carbons (Fsp3) is 0.500. The molecule has 1 aromatic rings. The summed E-state index contributed by atoms with van der Waals surface area (Å²) in [6, 6.07) is 0. The summed E-state index contributed by atoms with van der Waals surface area (Å²) in [6.45, 7) is 0. The van der Waals surface area contributed by atoms with Gasteiger partial charge >= 0.3 is 5.97 Å². The zero-order valence-corrected chi connectivity index (χ0v) is 8.39. The zero-order valence-electron chi connectivity index (χ0n) is 6.81. The van der Waals surface area contributed by atoms with Gasteiger partial charge in [-0.2, -0.15) is 0 Å². The minimum absolute atomic E-state index is 0.0145. The molecule has 0 aliphatic carbocycles. The third-order valence-electron chi connectivity index (χ3n) is 1.57. The number of carboxylic acid groups (broad SMARTS) is 1. The van der Waals surface area contributed by atoms with Gasteiger partial charge in [0, 0.05) is 13.5 Å². The van der Waals surface area contributed by atoms with Crippen molar-refractivity contribution in [2.24, 2.45) is 7.05 Å². The van der Waals surface area contributed by atoms with Gasteiger partial charge in [0.2, 0.25) is 0 Å². The van der Waals surface area contributed by atoms with Crippen molar-refractivity contribution in [3.63, 3.8) is 0 Å². The lowest BCUT2D eigenvalue weighted by Crippen LogP contribution is -2.23. The number of aliphatic carboxylic acids is 1. The number of hydrogen-bond acceptors (Lipinski definition) is 4. The highest BCUT2D eigenvalue weighted by Gasteiger charge is 2.18. The summed E-state index contributed by atoms with van der Waals surface area (Å²) in [5, 5.41) is 24.8. The van der Waals surface area contributed by atoms with Crippen molar-refractivity contribution in [2.45, 2.75) is 12.5 Å². The first-order valence-electron chi connectivity index (χ1n) is 3.47. The van der Waals surface area contributed by atoms with Crippen molar-refractivity contribution in [3.8, 4) is 0 Å². The number of hydrogen-bond donors (Lipinski definition) is 2. The fourth-order valence-electron chi connectivity index (χ4n) is 0.838. The van der Waals surface area contributed by atoms with Crippen LogP contribution in [-0.4, -0.2) is 37.3 Å². The van der Waals surface area contributed by atoms with Crippen LogP contribution in [0.5, 0.6) is 0 Å². The third kappa shape index (κ3) is 2.25. The molecule has 0 spiro atoms. The van der Waals surface area contributed by atoms with Crippen molar-refractivity contribution >= 4 is 21.9 Å². The van der Waals surface area contributed by atoms with Gasteiger partial charge in [0.1, 0.15) is 0 Å². The Morgan fingerprint density at radius 1 is 1.77 bits per heavy atom. The molecule has 1 atom stereocenters. The van der Waals surface area contributed by atoms with Gasteiger partial charge in [-0.25, -0.2) is 4.79 Å². The molecule has 1 unspecified atom stereocenters. The van der Waals surface area contributed by atoms with E-state index in [-0.39, 0.29) is 6.42 Å². The van der Waals surface area contributed by atoms with E-state index in [2.05, 4.69) is 26.2 Å². The van der Waals surface area contributed by atoms with E-state index in [1.807, 2.05) is 0 Å². The van der Waals surface area contributed by atoms with Gasteiger partial charge in [-0.05, 0) is 15.9 Å². The molecule has 0 saturated carbocycles. The molecule has 1 heterocycles. The van der Waals surface area contributed by atoms with Crippen LogP contribution in [0.4, 0.5) is 0 Å². The quantitative estimate of drug-likeness (QED) is 0.759. The van der Waals surface area contributed by atoms with Crippen LogP contribution in [0.25, 0.3) is 0 Å². The first-order chi connectivity index (χ1) is 6.02. The lowest BCUT2D eigenvalue weighted by atomic mass is 10.2. The maximum atomic E-state index is 10.3. The molecule has 2 N–H and O–H groups in total. The van der Waals surface area contributed by atoms with Crippen LogP contribution in [0, 0.1) is 0 Å². The lowest BCUT2D eigenvalue weighted by molar-refractivity contribution is -0.146. The normalized spacial score (nSPS) is 12.8. The van der Waals surface area contributed by atoms with E-state index in [0.29, 0.717) is 10.3 Å². The van der Waals surface area contributed by atoms with Crippen LogP contribution in [-0.2, 0) is 18.3 Å². The fourth-order valence-corrected chi connectivity index (χ4v) is 1.33. The maximum absolute atomic E-state index is 10.3. The van der Waals surface area contributed by atoms with E-state index in [0.717, 1.165) is 0 Å². The minimum Gasteiger partial charge on any atom is -0.479 e. The summed E-state index contributed by atoms with van der Waals surface area (Å²) in [6.07, 6.45) is -1.44. The number of carbonyl (C=O) groups is 1. The van der Waals surface area contributed by atoms with Crippen LogP contribution in [0.2, 0.25) is 0 Å². The summed E-state index contributed by atoms with van der Waals surface area (Å²) in [4.78, 5) is 10.3. The molecule has 6 nitrogen and oxygen atoms in total. The predicted octanol–water partition coefficient (Wildman–Crippen LogP) is -0.434. The van der Waals surface area contributed by atoms with Gasteiger partial charge < -0.3 is 10.2 Å². The van der Waals surface area contributed by atoms with Gasteiger partial charge in [-0.1, -0.05) is 5.21 Å². The number of aromatic nitrogens is 3. The molecule has 1 rings (SSSR count). The van der Waals surface area contributed by atoms with E-state index in [9.17, 15) is 4.79 Å². The molecule has 13 heavy (non-hydrogen) atoms. The second-order valence-electron chi connectivity index (χ2n) is 2.51. The van der Waals surface area contributed by atoms with Gasteiger partial charge in [0.15, 0.2) is 10.7 Å². The summed E-state index contributed by atoms with van der Waals surface area (Å²) in [5.41, 5.74) is 0.551. The Morgan fingerprint density at radius 2 is 2.38 bits per heavy atom. The van der Waals surface area contributed by atoms with Crippen LogP contribution in [0.15, 0.2) is 4.60 Å². The van der Waals surface area contributed by atoms with Crippen molar-refractivity contribution < 1.29 is 15.0 Å². The summed E-state index contributed by atoms with van der Waals surface area (Å²) >= 11 is 3.10. The smallest absolute Gasteiger partial charge is 0.332 e. The molecule has 0 aromatic carbocycles. The zero-order chi connectivity index (χ0) is 10.0. The van der Waals surface area contributed by atoms with Crippen LogP contribution in [0.3, 0.4) is 0 Å². The number of carboxylic acids is 1. The molecular weight excluding hydrogens is 242 g/mol. The third-order valence-corrected chi connectivity index (χ3v) is 2.18. The van der Waals surface area contributed by atoms with Gasteiger partial charge in [0.05, 0.1) is 5.69 Å². The predicted molar refractivity (Wildman–Crippen MR) is 46.0 cm³/mol. The Kier molecular flexibility index (Phi) is 2.99. The van der Waals surface area contributed by atoms with Gasteiger partial charge in [0.25, 0.3) is 0 Å². The SMILES string of the molecule is Cn1nnc(Br)c1CC(O)C(=O)O. The molecule has 1 aromatic heterocycles. The monoisotopic (exact) mass is 249 g/mol. The van der Waals surface area contributed by atoms with E-state index in [4.69, 9.17) is 10.2 Å². The second kappa shape index (κ2) is 3.84. The number of nitrogens with zero attached hydrogens (tertiary/aromatic N) is 3. The standard InChI is InChI=1S/C6H8BrN3O3/c1-10-3(5(7)8-9-10)2-4(11)6(12)13/h4,11H,2H2,1H3,(H,12,13). The molecule has 0 amide bonds. The Balaban J connectivity index is 2.79. The van der Waals surface area contributed by atoms with Crippen molar-refractivity contribution in [1.82, 2.24) is 15.0 Å². The molecule has 0 radical (unpaired) electrons. The minimum atomic E-state index is -1.42. The highest BCUT2D eigenvalue weighted by molar-refractivity contribution is 9.10. The first kappa shape index (κ1) is 10.1. The molecule has 72 valence electrons. The highest BCUT2D eigenvalue weighted by Crippen LogP contribution is 2.13. The van der Waals surface area contributed by atoms with Crippen LogP contribution in [0.1, 0.15) is 5.69 Å². The summed E-state index contributed by atoms with van der Waals surface area (Å²) in [7, 11) is 1.63. The number of rotatable bonds is 3. The summed E-state index contributed by atoms with van der Waals surface area (Å²) < 4.78 is 1.87. The van der Waals surface area contributed by atoms with Crippen LogP contribution < -0.4 is 0 Å². The molecule has 0 fully saturated rings. The molecule has 7 heteroatoms. The van der Waals surface area contributed by atoms with Crippen LogP contribution >= 0.6 is 15.9 Å². The van der Waals surface area contributed by atoms with Gasteiger partial charge in [-0.3, -0.25) is 4.68 Å². The van der Waals surface area contributed by atoms with Crippen molar-refractivity contribution in [2.75, 3.05) is 0 Å². The molecule has 0 bridgehead atoms. The largest absolute Gasteiger partial charge is 0.479 e. The second-order valence-corrected chi connectivity index (χ2v) is 3.26. The number of halogens is 1. The number of aliphatic hydroxyl groups is 1. The highest BCUT2D eigenvalue weighted by atomic mass is 79.9. The topological polar surface area (TPSA) is 88.2 Å². The number of aryl methyl sites for hydroxylation is 1. The van der Waals surface area contributed by atoms with E-state index < -0.39 is 12.1 Å². The molecule has 0 aliphatic heterocycles. The van der Waals surface area contributed by atoms with E-state index in [1.54, 1.807) is 7.05 Å². The lowest BCUT2D eigenvalue weighted by Gasteiger charge is -2.04. The molecular formula is C6H8BrN3O3. The maximum Gasteiger partial charge on any atom is 0.332 e. The first-order valence-corrected chi connectivity index (χ1v) is 4.26. The Labute approximate surface area is 82.3 Å². The van der Waals surface area contributed by atoms with E-state index >= 15 is 0 Å². The average Bonchev–Trinajstić information content (AvgIpc) is 2.35. The Morgan fingerprint density at radius 3 is 2.77 bits per heavy atom. The van der Waals surface area contributed by atoms with Crippen molar-refractivity contribution in [1.29, 1.82) is 0 Å². The van der Waals surface area contributed by atoms with Crippen molar-refractivity contribution in [3.05, 3.63) is 10.3 Å². The average molecular weight is 250 g/mol. The Bertz CT molecular complexity index is 305. The Hall–Kier alpha value is -0.950. The molecule has 0 saturated heterocycles.